The molecule has 4 rings (SSSR count). The van der Waals surface area contributed by atoms with Crippen LogP contribution in [0.4, 0.5) is 5.95 Å². The number of nitrogens with zero attached hydrogens (tertiary/aromatic N) is 4. The number of nitrogen functional groups attached to an aromatic ring is 1. The predicted molar refractivity (Wildman–Crippen MR) is 103 cm³/mol. The molecule has 0 bridgehead atoms. The Hall–Kier alpha value is -3.38. The summed E-state index contributed by atoms with van der Waals surface area (Å²) in [6, 6.07) is 0. The third kappa shape index (κ3) is 3.39. The van der Waals surface area contributed by atoms with Crippen LogP contribution in [0.1, 0.15) is 30.6 Å². The molecule has 0 aliphatic carbocycles. The monoisotopic (exact) mass is 419 g/mol. The summed E-state index contributed by atoms with van der Waals surface area (Å²) in [4.78, 5) is 32.7. The van der Waals surface area contributed by atoms with Crippen molar-refractivity contribution in [2.24, 2.45) is 0 Å². The van der Waals surface area contributed by atoms with Crippen molar-refractivity contribution in [1.82, 2.24) is 19.1 Å². The number of aliphatic hydroxyl groups excluding tert-OH is 1. The van der Waals surface area contributed by atoms with Crippen LogP contribution in [0.5, 0.6) is 5.88 Å². The maximum atomic E-state index is 13.2. The van der Waals surface area contributed by atoms with E-state index < -0.39 is 17.7 Å². The number of aryl methyl sites for hydroxylation is 1. The normalized spacial score (nSPS) is 18.9. The van der Waals surface area contributed by atoms with Crippen molar-refractivity contribution in [2.45, 2.75) is 45.2 Å². The maximum absolute atomic E-state index is 13.2. The zero-order chi connectivity index (χ0) is 21.4. The van der Waals surface area contributed by atoms with E-state index >= 15 is 0 Å². The van der Waals surface area contributed by atoms with E-state index in [0.717, 1.165) is 0 Å². The average Bonchev–Trinajstić information content (AvgIpc) is 3.37. The van der Waals surface area contributed by atoms with E-state index in [1.165, 1.54) is 9.13 Å². The third-order valence-electron chi connectivity index (χ3n) is 4.85. The van der Waals surface area contributed by atoms with Gasteiger partial charge in [-0.25, -0.2) is 14.2 Å². The lowest BCUT2D eigenvalue weighted by Gasteiger charge is -2.13. The standard InChI is InChI=1S/C18H21N5O7/c1-3-6-22-13-14(23(17(22)25)12-5-4-10(7-24)29-12)20-16(19)21-15(13)27-8-11-9(2)28-18(26)30-11/h3,10,12,24H,1,4-8H2,2H3,(H2,19,20,21)/t10-,12?/m0/s1. The summed E-state index contributed by atoms with van der Waals surface area (Å²) in [7, 11) is 0. The van der Waals surface area contributed by atoms with Gasteiger partial charge in [-0.15, -0.1) is 6.58 Å². The van der Waals surface area contributed by atoms with Crippen LogP contribution < -0.4 is 22.0 Å². The summed E-state index contributed by atoms with van der Waals surface area (Å²) >= 11 is 0. The molecule has 0 radical (unpaired) electrons. The molecule has 0 amide bonds. The number of aromatic nitrogens is 4. The van der Waals surface area contributed by atoms with Crippen molar-refractivity contribution >= 4 is 17.1 Å². The Balaban J connectivity index is 1.82. The van der Waals surface area contributed by atoms with Crippen molar-refractivity contribution in [1.29, 1.82) is 0 Å². The van der Waals surface area contributed by atoms with E-state index in [-0.39, 0.29) is 54.9 Å². The zero-order valence-electron chi connectivity index (χ0n) is 16.2. The van der Waals surface area contributed by atoms with Gasteiger partial charge in [0.1, 0.15) is 6.23 Å². The molecule has 1 saturated heterocycles. The maximum Gasteiger partial charge on any atom is 0.519 e. The van der Waals surface area contributed by atoms with E-state index in [0.29, 0.717) is 18.4 Å². The molecule has 0 saturated carbocycles. The number of allylic oxidation sites excluding steroid dienone is 1. The topological polar surface area (TPSA) is 161 Å². The van der Waals surface area contributed by atoms with Gasteiger partial charge >= 0.3 is 11.5 Å². The van der Waals surface area contributed by atoms with Gasteiger partial charge < -0.3 is 29.1 Å². The molecule has 3 aromatic rings. The minimum Gasteiger partial charge on any atom is -0.468 e. The molecule has 12 nitrogen and oxygen atoms in total. The number of aliphatic hydroxyl groups is 1. The molecule has 160 valence electrons. The van der Waals surface area contributed by atoms with Crippen LogP contribution in [0.3, 0.4) is 0 Å². The average molecular weight is 419 g/mol. The minimum atomic E-state index is -0.843. The molecular weight excluding hydrogens is 398 g/mol. The zero-order valence-corrected chi connectivity index (χ0v) is 16.2. The molecular formula is C18H21N5O7. The lowest BCUT2D eigenvalue weighted by atomic mass is 10.2. The van der Waals surface area contributed by atoms with Crippen LogP contribution in [0.15, 0.2) is 31.1 Å². The highest BCUT2D eigenvalue weighted by atomic mass is 16.6. The Morgan fingerprint density at radius 3 is 2.77 bits per heavy atom. The smallest absolute Gasteiger partial charge is 0.468 e. The van der Waals surface area contributed by atoms with E-state index in [2.05, 4.69) is 16.5 Å². The second-order valence-electron chi connectivity index (χ2n) is 6.81. The van der Waals surface area contributed by atoms with Gasteiger partial charge in [0, 0.05) is 6.54 Å². The highest BCUT2D eigenvalue weighted by Gasteiger charge is 2.31. The van der Waals surface area contributed by atoms with Gasteiger partial charge in [-0.2, -0.15) is 9.97 Å². The van der Waals surface area contributed by atoms with E-state index in [4.69, 9.17) is 24.0 Å². The Kier molecular flexibility index (Phi) is 5.18. The van der Waals surface area contributed by atoms with Gasteiger partial charge in [-0.1, -0.05) is 6.08 Å². The molecule has 4 heterocycles. The van der Waals surface area contributed by atoms with Crippen molar-refractivity contribution in [2.75, 3.05) is 12.3 Å². The lowest BCUT2D eigenvalue weighted by Crippen LogP contribution is -2.28. The van der Waals surface area contributed by atoms with Crippen LogP contribution in [-0.2, 0) is 17.9 Å². The first-order chi connectivity index (χ1) is 14.4. The summed E-state index contributed by atoms with van der Waals surface area (Å²) in [5, 5.41) is 9.36. The van der Waals surface area contributed by atoms with Gasteiger partial charge in [0.25, 0.3) is 0 Å². The van der Waals surface area contributed by atoms with Crippen LogP contribution in [0.25, 0.3) is 11.2 Å². The number of fused-ring (bicyclic) bond motifs is 1. The van der Waals surface area contributed by atoms with Crippen molar-refractivity contribution < 1.29 is 23.4 Å². The number of rotatable bonds is 7. The van der Waals surface area contributed by atoms with E-state index in [1.54, 1.807) is 13.0 Å². The first kappa shape index (κ1) is 19.9. The largest absolute Gasteiger partial charge is 0.519 e. The molecule has 1 fully saturated rings. The van der Waals surface area contributed by atoms with Gasteiger partial charge in [0.2, 0.25) is 11.8 Å². The molecule has 0 spiro atoms. The Morgan fingerprint density at radius 1 is 1.33 bits per heavy atom. The van der Waals surface area contributed by atoms with Crippen molar-refractivity contribution in [3.63, 3.8) is 0 Å². The molecule has 2 atom stereocenters. The molecule has 1 aliphatic rings. The first-order valence-corrected chi connectivity index (χ1v) is 9.30. The van der Waals surface area contributed by atoms with Gasteiger partial charge in [-0.3, -0.25) is 4.57 Å². The molecule has 3 aromatic heterocycles. The van der Waals surface area contributed by atoms with Gasteiger partial charge in [0.05, 0.1) is 12.7 Å². The second kappa shape index (κ2) is 7.80. The van der Waals surface area contributed by atoms with Crippen molar-refractivity contribution in [3.8, 4) is 5.88 Å². The quantitative estimate of drug-likeness (QED) is 0.515. The Morgan fingerprint density at radius 2 is 2.13 bits per heavy atom. The van der Waals surface area contributed by atoms with Crippen molar-refractivity contribution in [3.05, 3.63) is 45.3 Å². The van der Waals surface area contributed by atoms with Gasteiger partial charge in [-0.05, 0) is 19.8 Å². The third-order valence-corrected chi connectivity index (χ3v) is 4.85. The summed E-state index contributed by atoms with van der Waals surface area (Å²) in [6.07, 6.45) is 1.71. The van der Waals surface area contributed by atoms with Crippen LogP contribution in [0, 0.1) is 6.92 Å². The number of ether oxygens (including phenoxy) is 2. The number of hydrogen-bond acceptors (Lipinski definition) is 10. The molecule has 3 N–H and O–H groups in total. The number of nitrogens with two attached hydrogens (primary N) is 1. The molecule has 30 heavy (non-hydrogen) atoms. The predicted octanol–water partition coefficient (Wildman–Crippen LogP) is 0.465. The van der Waals surface area contributed by atoms with E-state index in [9.17, 15) is 14.7 Å². The fourth-order valence-electron chi connectivity index (χ4n) is 3.47. The highest BCUT2D eigenvalue weighted by molar-refractivity contribution is 5.78. The SMILES string of the molecule is C=CCn1c(=O)n(C2CC[C@@H](CO)O2)c2nc(N)nc(OCc3oc(=O)oc3C)c21. The first-order valence-electron chi connectivity index (χ1n) is 9.30. The summed E-state index contributed by atoms with van der Waals surface area (Å²) in [5.74, 6) is -0.453. The molecule has 0 aromatic carbocycles. The highest BCUT2D eigenvalue weighted by Crippen LogP contribution is 2.32. The number of imidazole rings is 1. The van der Waals surface area contributed by atoms with E-state index in [1.807, 2.05) is 0 Å². The molecule has 1 aliphatic heterocycles. The molecule has 1 unspecified atom stereocenters. The Bertz CT molecular complexity index is 1200. The Labute approximate surface area is 169 Å². The fraction of sp³-hybridized carbons (Fsp3) is 0.444. The second-order valence-corrected chi connectivity index (χ2v) is 6.81. The molecule has 12 heteroatoms. The number of hydrogen-bond donors (Lipinski definition) is 2. The summed E-state index contributed by atoms with van der Waals surface area (Å²) in [5.41, 5.74) is 6.00. The van der Waals surface area contributed by atoms with Crippen LogP contribution in [0.2, 0.25) is 0 Å². The van der Waals surface area contributed by atoms with Crippen LogP contribution in [-0.4, -0.2) is 36.9 Å². The van der Waals surface area contributed by atoms with Gasteiger partial charge in [0.15, 0.2) is 29.3 Å². The van der Waals surface area contributed by atoms with Crippen LogP contribution >= 0.6 is 0 Å². The summed E-state index contributed by atoms with van der Waals surface area (Å²) < 4.78 is 24.0. The summed E-state index contributed by atoms with van der Waals surface area (Å²) in [6.45, 7) is 5.11. The number of anilines is 1. The lowest BCUT2D eigenvalue weighted by molar-refractivity contribution is -0.0223. The minimum absolute atomic E-state index is 0.0372. The fourth-order valence-corrected chi connectivity index (χ4v) is 3.47.